The van der Waals surface area contributed by atoms with Crippen molar-refractivity contribution >= 4 is 0 Å². The number of likely N-dealkylation sites (N-methyl/N-ethyl adjacent to an activating group) is 1. The van der Waals surface area contributed by atoms with Gasteiger partial charge in [-0.3, -0.25) is 4.90 Å². The Morgan fingerprint density at radius 2 is 2.00 bits per heavy atom. The molecule has 0 bridgehead atoms. The fourth-order valence-electron chi connectivity index (χ4n) is 4.16. The van der Waals surface area contributed by atoms with Gasteiger partial charge in [0.05, 0.1) is 0 Å². The highest BCUT2D eigenvalue weighted by Crippen LogP contribution is 2.34. The second-order valence-corrected chi connectivity index (χ2v) is 7.32. The minimum Gasteiger partial charge on any atom is -0.329 e. The summed E-state index contributed by atoms with van der Waals surface area (Å²) in [5.74, 6) is 1.75. The normalized spacial score (nSPS) is 38.8. The molecule has 0 radical (unpaired) electrons. The molecule has 0 spiro atoms. The summed E-state index contributed by atoms with van der Waals surface area (Å²) in [6, 6.07) is 0.674. The lowest BCUT2D eigenvalue weighted by Gasteiger charge is -2.40. The fraction of sp³-hybridized carbons (Fsp3) is 1.00. The van der Waals surface area contributed by atoms with Crippen molar-refractivity contribution in [2.45, 2.75) is 58.0 Å². The van der Waals surface area contributed by atoms with Crippen LogP contribution in [0.4, 0.5) is 0 Å². The first-order valence-electron chi connectivity index (χ1n) is 8.14. The monoisotopic (exact) mass is 267 g/mol. The third-order valence-electron chi connectivity index (χ3n) is 5.74. The van der Waals surface area contributed by atoms with Crippen LogP contribution in [-0.4, -0.2) is 54.6 Å². The number of nitrogens with zero attached hydrogens (tertiary/aromatic N) is 2. The molecule has 2 aliphatic heterocycles. The molecule has 0 aliphatic carbocycles. The van der Waals surface area contributed by atoms with Gasteiger partial charge in [0.1, 0.15) is 0 Å². The highest BCUT2D eigenvalue weighted by molar-refractivity contribution is 5.03. The third kappa shape index (κ3) is 3.14. The summed E-state index contributed by atoms with van der Waals surface area (Å²) < 4.78 is 0. The van der Waals surface area contributed by atoms with Crippen LogP contribution in [0.3, 0.4) is 0 Å². The summed E-state index contributed by atoms with van der Waals surface area (Å²) in [6.45, 7) is 11.6. The number of hydrogen-bond acceptors (Lipinski definition) is 3. The number of hydrogen-bond donors (Lipinski definition) is 1. The molecule has 0 amide bonds. The Morgan fingerprint density at radius 3 is 2.53 bits per heavy atom. The first kappa shape index (κ1) is 15.3. The highest BCUT2D eigenvalue weighted by Gasteiger charge is 2.44. The van der Waals surface area contributed by atoms with Gasteiger partial charge < -0.3 is 10.6 Å². The van der Waals surface area contributed by atoms with E-state index in [9.17, 15) is 0 Å². The van der Waals surface area contributed by atoms with Crippen molar-refractivity contribution in [3.63, 3.8) is 0 Å². The second-order valence-electron chi connectivity index (χ2n) is 7.32. The van der Waals surface area contributed by atoms with E-state index in [4.69, 9.17) is 5.73 Å². The van der Waals surface area contributed by atoms with Gasteiger partial charge in [0, 0.05) is 24.7 Å². The molecule has 2 aliphatic rings. The maximum Gasteiger partial charge on any atom is 0.0473 e. The molecular formula is C16H33N3. The van der Waals surface area contributed by atoms with Crippen LogP contribution in [0.25, 0.3) is 0 Å². The molecule has 0 aromatic heterocycles. The molecule has 0 aromatic carbocycles. The summed E-state index contributed by atoms with van der Waals surface area (Å²) in [5, 5.41) is 0. The van der Waals surface area contributed by atoms with Gasteiger partial charge in [-0.15, -0.1) is 0 Å². The molecule has 2 heterocycles. The quantitative estimate of drug-likeness (QED) is 0.850. The molecule has 3 unspecified atom stereocenters. The van der Waals surface area contributed by atoms with E-state index < -0.39 is 0 Å². The van der Waals surface area contributed by atoms with Crippen molar-refractivity contribution in [1.82, 2.24) is 9.80 Å². The number of likely N-dealkylation sites (tertiary alicyclic amines) is 2. The zero-order valence-electron chi connectivity index (χ0n) is 13.4. The summed E-state index contributed by atoms with van der Waals surface area (Å²) in [5.41, 5.74) is 6.45. The van der Waals surface area contributed by atoms with E-state index in [1.54, 1.807) is 0 Å². The Morgan fingerprint density at radius 1 is 1.26 bits per heavy atom. The number of nitrogens with two attached hydrogens (primary N) is 1. The van der Waals surface area contributed by atoms with Crippen LogP contribution in [0.2, 0.25) is 0 Å². The van der Waals surface area contributed by atoms with Gasteiger partial charge in [-0.2, -0.15) is 0 Å². The standard InChI is InChI=1S/C16H33N3/c1-13(2)15-6-5-8-19(9-7-15)16(11-17)10-14(3)18(4)12-16/h13-15H,5-12,17H2,1-4H3. The minimum absolute atomic E-state index is 0.250. The molecule has 3 nitrogen and oxygen atoms in total. The molecule has 19 heavy (non-hydrogen) atoms. The lowest BCUT2D eigenvalue weighted by molar-refractivity contribution is 0.103. The largest absolute Gasteiger partial charge is 0.329 e. The lowest BCUT2D eigenvalue weighted by atomic mass is 9.89. The molecule has 0 aromatic rings. The average Bonchev–Trinajstić information content (AvgIpc) is 2.59. The fourth-order valence-corrected chi connectivity index (χ4v) is 4.16. The van der Waals surface area contributed by atoms with Crippen molar-refractivity contribution in [1.29, 1.82) is 0 Å². The van der Waals surface area contributed by atoms with Gasteiger partial charge in [-0.05, 0) is 64.6 Å². The van der Waals surface area contributed by atoms with E-state index in [1.807, 2.05) is 0 Å². The molecule has 2 rings (SSSR count). The zero-order valence-corrected chi connectivity index (χ0v) is 13.4. The summed E-state index contributed by atoms with van der Waals surface area (Å²) >= 11 is 0. The Kier molecular flexibility index (Phi) is 4.91. The Hall–Kier alpha value is -0.120. The van der Waals surface area contributed by atoms with Crippen molar-refractivity contribution in [2.75, 3.05) is 33.2 Å². The summed E-state index contributed by atoms with van der Waals surface area (Å²) in [4.78, 5) is 5.22. The highest BCUT2D eigenvalue weighted by atomic mass is 15.3. The van der Waals surface area contributed by atoms with Crippen molar-refractivity contribution in [2.24, 2.45) is 17.6 Å². The van der Waals surface area contributed by atoms with Crippen molar-refractivity contribution in [3.05, 3.63) is 0 Å². The lowest BCUT2D eigenvalue weighted by Crippen LogP contribution is -2.55. The van der Waals surface area contributed by atoms with Crippen LogP contribution in [0.1, 0.15) is 46.5 Å². The predicted molar refractivity (Wildman–Crippen MR) is 82.2 cm³/mol. The SMILES string of the molecule is CC(C)C1CCCN(C2(CN)CC(C)N(C)C2)CC1. The maximum atomic E-state index is 6.20. The number of rotatable bonds is 3. The molecule has 2 N–H and O–H groups in total. The van der Waals surface area contributed by atoms with Gasteiger partial charge in [0.15, 0.2) is 0 Å². The zero-order chi connectivity index (χ0) is 14.0. The molecule has 3 atom stereocenters. The van der Waals surface area contributed by atoms with E-state index in [-0.39, 0.29) is 5.54 Å². The predicted octanol–water partition coefficient (Wildman–Crippen LogP) is 2.17. The third-order valence-corrected chi connectivity index (χ3v) is 5.74. The van der Waals surface area contributed by atoms with Crippen LogP contribution < -0.4 is 5.73 Å². The van der Waals surface area contributed by atoms with Crippen LogP contribution in [0, 0.1) is 11.8 Å². The molecular weight excluding hydrogens is 234 g/mol. The molecule has 112 valence electrons. The van der Waals surface area contributed by atoms with Crippen LogP contribution in [-0.2, 0) is 0 Å². The van der Waals surface area contributed by atoms with Crippen LogP contribution >= 0.6 is 0 Å². The van der Waals surface area contributed by atoms with Crippen LogP contribution in [0.5, 0.6) is 0 Å². The van der Waals surface area contributed by atoms with E-state index in [0.29, 0.717) is 6.04 Å². The van der Waals surface area contributed by atoms with Gasteiger partial charge in [-0.25, -0.2) is 0 Å². The topological polar surface area (TPSA) is 32.5 Å². The molecule has 2 saturated heterocycles. The van der Waals surface area contributed by atoms with Gasteiger partial charge >= 0.3 is 0 Å². The molecule has 2 fully saturated rings. The van der Waals surface area contributed by atoms with Gasteiger partial charge in [0.2, 0.25) is 0 Å². The van der Waals surface area contributed by atoms with Crippen molar-refractivity contribution in [3.8, 4) is 0 Å². The van der Waals surface area contributed by atoms with Gasteiger partial charge in [0.25, 0.3) is 0 Å². The maximum absolute atomic E-state index is 6.20. The Bertz CT molecular complexity index is 280. The van der Waals surface area contributed by atoms with Crippen molar-refractivity contribution < 1.29 is 0 Å². The van der Waals surface area contributed by atoms with E-state index >= 15 is 0 Å². The molecule has 0 saturated carbocycles. The Balaban J connectivity index is 2.04. The summed E-state index contributed by atoms with van der Waals surface area (Å²) in [7, 11) is 2.25. The summed E-state index contributed by atoms with van der Waals surface area (Å²) in [6.07, 6.45) is 5.35. The Labute approximate surface area is 119 Å². The van der Waals surface area contributed by atoms with E-state index in [2.05, 4.69) is 37.6 Å². The van der Waals surface area contributed by atoms with E-state index in [1.165, 1.54) is 38.8 Å². The second kappa shape index (κ2) is 6.11. The molecule has 3 heteroatoms. The first-order chi connectivity index (χ1) is 8.98. The van der Waals surface area contributed by atoms with Gasteiger partial charge in [-0.1, -0.05) is 13.8 Å². The first-order valence-corrected chi connectivity index (χ1v) is 8.14. The van der Waals surface area contributed by atoms with E-state index in [0.717, 1.165) is 24.9 Å². The minimum atomic E-state index is 0.250. The van der Waals surface area contributed by atoms with Crippen LogP contribution in [0.15, 0.2) is 0 Å². The smallest absolute Gasteiger partial charge is 0.0473 e. The average molecular weight is 267 g/mol.